The van der Waals surface area contributed by atoms with Crippen molar-refractivity contribution >= 4 is 11.6 Å². The molecule has 0 aliphatic rings. The van der Waals surface area contributed by atoms with Gasteiger partial charge in [-0.25, -0.2) is 15.0 Å². The van der Waals surface area contributed by atoms with Gasteiger partial charge in [-0.05, 0) is 38.3 Å². The zero-order valence-electron chi connectivity index (χ0n) is 14.0. The number of ether oxygens (including phenoxy) is 1. The highest BCUT2D eigenvalue weighted by Crippen LogP contribution is 2.28. The smallest absolute Gasteiger partial charge is 0.232 e. The molecule has 0 radical (unpaired) electrons. The second-order valence-corrected chi connectivity index (χ2v) is 6.95. The van der Waals surface area contributed by atoms with Crippen molar-refractivity contribution in [2.75, 3.05) is 6.61 Å². The van der Waals surface area contributed by atoms with Crippen molar-refractivity contribution in [2.45, 2.75) is 39.7 Å². The van der Waals surface area contributed by atoms with E-state index in [0.717, 1.165) is 17.7 Å². The van der Waals surface area contributed by atoms with Crippen LogP contribution in [0.4, 0.5) is 0 Å². The molecule has 0 fully saturated rings. The first-order chi connectivity index (χ1) is 10.8. The molecule has 1 atom stereocenters. The number of hydrogen-bond donors (Lipinski definition) is 1. The second kappa shape index (κ2) is 7.23. The van der Waals surface area contributed by atoms with Crippen molar-refractivity contribution in [3.8, 4) is 17.1 Å². The lowest BCUT2D eigenvalue weighted by molar-refractivity contribution is 0.201. The van der Waals surface area contributed by atoms with Gasteiger partial charge in [-0.15, -0.1) is 0 Å². The summed E-state index contributed by atoms with van der Waals surface area (Å²) in [5.74, 6) is 1.59. The minimum absolute atomic E-state index is 0.365. The van der Waals surface area contributed by atoms with Gasteiger partial charge in [-0.2, -0.15) is 0 Å². The van der Waals surface area contributed by atoms with E-state index in [9.17, 15) is 0 Å². The number of nitrogens with zero attached hydrogens (tertiary/aromatic N) is 3. The first-order valence-corrected chi connectivity index (χ1v) is 8.02. The Morgan fingerprint density at radius 1 is 1.35 bits per heavy atom. The standard InChI is InChI=1S/C17H23ClN4O/c1-11(2)8-17(4,19)10-23-16-14(18)7-13(9-21-16)15-5-6-20-12(3)22-15/h5-7,9,11H,8,10,19H2,1-4H3. The molecule has 2 N–H and O–H groups in total. The van der Waals surface area contributed by atoms with Crippen LogP contribution in [0, 0.1) is 12.8 Å². The van der Waals surface area contributed by atoms with E-state index in [1.54, 1.807) is 18.5 Å². The summed E-state index contributed by atoms with van der Waals surface area (Å²) in [6.07, 6.45) is 4.27. The van der Waals surface area contributed by atoms with E-state index in [1.165, 1.54) is 0 Å². The Morgan fingerprint density at radius 2 is 2.09 bits per heavy atom. The van der Waals surface area contributed by atoms with Crippen molar-refractivity contribution in [1.82, 2.24) is 15.0 Å². The third kappa shape index (κ3) is 5.15. The first kappa shape index (κ1) is 17.6. The molecule has 23 heavy (non-hydrogen) atoms. The van der Waals surface area contributed by atoms with Crippen LogP contribution in [0.5, 0.6) is 5.88 Å². The Kier molecular flexibility index (Phi) is 5.55. The number of nitrogens with two attached hydrogens (primary N) is 1. The largest absolute Gasteiger partial charge is 0.475 e. The Bertz CT molecular complexity index is 673. The lowest BCUT2D eigenvalue weighted by Gasteiger charge is -2.26. The van der Waals surface area contributed by atoms with E-state index in [-0.39, 0.29) is 0 Å². The number of aryl methyl sites for hydroxylation is 1. The highest BCUT2D eigenvalue weighted by molar-refractivity contribution is 6.32. The SMILES string of the molecule is Cc1nccc(-c2cnc(OCC(C)(N)CC(C)C)c(Cl)c2)n1. The van der Waals surface area contributed by atoms with Gasteiger partial charge in [-0.3, -0.25) is 0 Å². The van der Waals surface area contributed by atoms with Crippen LogP contribution in [-0.4, -0.2) is 27.1 Å². The summed E-state index contributed by atoms with van der Waals surface area (Å²) in [6.45, 7) is 8.44. The summed E-state index contributed by atoms with van der Waals surface area (Å²) in [5, 5.41) is 0.444. The maximum absolute atomic E-state index is 6.28. The molecule has 0 aliphatic carbocycles. The molecule has 0 spiro atoms. The van der Waals surface area contributed by atoms with Crippen LogP contribution in [0.25, 0.3) is 11.3 Å². The molecular formula is C17H23ClN4O. The molecule has 0 aromatic carbocycles. The molecule has 2 aromatic rings. The van der Waals surface area contributed by atoms with Crippen molar-refractivity contribution < 1.29 is 4.74 Å². The lowest BCUT2D eigenvalue weighted by atomic mass is 9.93. The van der Waals surface area contributed by atoms with E-state index >= 15 is 0 Å². The van der Waals surface area contributed by atoms with Crippen molar-refractivity contribution in [1.29, 1.82) is 0 Å². The normalized spacial score (nSPS) is 13.9. The van der Waals surface area contributed by atoms with Gasteiger partial charge >= 0.3 is 0 Å². The molecule has 0 saturated carbocycles. The molecule has 1 unspecified atom stereocenters. The summed E-state index contributed by atoms with van der Waals surface area (Å²) in [5.41, 5.74) is 7.43. The second-order valence-electron chi connectivity index (χ2n) is 6.54. The Balaban J connectivity index is 2.11. The number of aromatic nitrogens is 3. The van der Waals surface area contributed by atoms with Crippen LogP contribution in [0.2, 0.25) is 5.02 Å². The summed E-state index contributed by atoms with van der Waals surface area (Å²) >= 11 is 6.28. The molecule has 0 saturated heterocycles. The molecule has 2 aromatic heterocycles. The van der Waals surface area contributed by atoms with Gasteiger partial charge in [0.1, 0.15) is 17.5 Å². The highest BCUT2D eigenvalue weighted by Gasteiger charge is 2.22. The van der Waals surface area contributed by atoms with Crippen LogP contribution in [0.1, 0.15) is 33.0 Å². The predicted octanol–water partition coefficient (Wildman–Crippen LogP) is 3.64. The lowest BCUT2D eigenvalue weighted by Crippen LogP contribution is -2.43. The zero-order valence-corrected chi connectivity index (χ0v) is 14.8. The fourth-order valence-corrected chi connectivity index (χ4v) is 2.73. The van der Waals surface area contributed by atoms with Crippen LogP contribution >= 0.6 is 11.6 Å². The van der Waals surface area contributed by atoms with Crippen LogP contribution in [0.15, 0.2) is 24.5 Å². The average molecular weight is 335 g/mol. The molecule has 6 heteroatoms. The molecule has 0 aliphatic heterocycles. The first-order valence-electron chi connectivity index (χ1n) is 7.64. The van der Waals surface area contributed by atoms with Gasteiger partial charge in [0.2, 0.25) is 5.88 Å². The number of halogens is 1. The van der Waals surface area contributed by atoms with Gasteiger partial charge in [-0.1, -0.05) is 25.4 Å². The number of hydrogen-bond acceptors (Lipinski definition) is 5. The molecule has 0 amide bonds. The molecule has 124 valence electrons. The predicted molar refractivity (Wildman–Crippen MR) is 92.6 cm³/mol. The monoisotopic (exact) mass is 334 g/mol. The molecule has 0 bridgehead atoms. The molecule has 2 rings (SSSR count). The van der Waals surface area contributed by atoms with Crippen LogP contribution in [0.3, 0.4) is 0 Å². The maximum atomic E-state index is 6.28. The number of rotatable bonds is 6. The molecule has 5 nitrogen and oxygen atoms in total. The summed E-state index contributed by atoms with van der Waals surface area (Å²) in [7, 11) is 0. The van der Waals surface area contributed by atoms with E-state index in [4.69, 9.17) is 22.1 Å². The summed E-state index contributed by atoms with van der Waals surface area (Å²) < 4.78 is 5.72. The minimum atomic E-state index is -0.415. The number of pyridine rings is 1. The molecular weight excluding hydrogens is 312 g/mol. The highest BCUT2D eigenvalue weighted by atomic mass is 35.5. The average Bonchev–Trinajstić information content (AvgIpc) is 2.44. The fraction of sp³-hybridized carbons (Fsp3) is 0.471. The quantitative estimate of drug-likeness (QED) is 0.872. The maximum Gasteiger partial charge on any atom is 0.232 e. The summed E-state index contributed by atoms with van der Waals surface area (Å²) in [6, 6.07) is 3.61. The Morgan fingerprint density at radius 3 is 2.70 bits per heavy atom. The van der Waals surface area contributed by atoms with Gasteiger partial charge in [0.25, 0.3) is 0 Å². The van der Waals surface area contributed by atoms with Gasteiger partial charge in [0.15, 0.2) is 0 Å². The van der Waals surface area contributed by atoms with Gasteiger partial charge in [0, 0.05) is 23.5 Å². The van der Waals surface area contributed by atoms with E-state index < -0.39 is 5.54 Å². The third-order valence-corrected chi connectivity index (χ3v) is 3.56. The van der Waals surface area contributed by atoms with Crippen molar-refractivity contribution in [3.63, 3.8) is 0 Å². The van der Waals surface area contributed by atoms with Crippen molar-refractivity contribution in [3.05, 3.63) is 35.4 Å². The Labute approximate surface area is 142 Å². The van der Waals surface area contributed by atoms with Gasteiger partial charge in [0.05, 0.1) is 5.69 Å². The van der Waals surface area contributed by atoms with E-state index in [0.29, 0.717) is 29.3 Å². The van der Waals surface area contributed by atoms with Crippen LogP contribution < -0.4 is 10.5 Å². The Hall–Kier alpha value is -1.72. The van der Waals surface area contributed by atoms with Gasteiger partial charge < -0.3 is 10.5 Å². The zero-order chi connectivity index (χ0) is 17.0. The third-order valence-electron chi connectivity index (χ3n) is 3.29. The minimum Gasteiger partial charge on any atom is -0.475 e. The molecule has 2 heterocycles. The fourth-order valence-electron chi connectivity index (χ4n) is 2.51. The summed E-state index contributed by atoms with van der Waals surface area (Å²) in [4.78, 5) is 12.7. The van der Waals surface area contributed by atoms with Crippen LogP contribution in [-0.2, 0) is 0 Å². The van der Waals surface area contributed by atoms with E-state index in [2.05, 4.69) is 28.8 Å². The topological polar surface area (TPSA) is 73.9 Å². The van der Waals surface area contributed by atoms with Crippen molar-refractivity contribution in [2.24, 2.45) is 11.7 Å². The van der Waals surface area contributed by atoms with E-state index in [1.807, 2.05) is 19.9 Å².